The van der Waals surface area contributed by atoms with Gasteiger partial charge in [0, 0.05) is 25.8 Å². The highest BCUT2D eigenvalue weighted by Crippen LogP contribution is 2.23. The van der Waals surface area contributed by atoms with Gasteiger partial charge in [0.2, 0.25) is 5.91 Å². The summed E-state index contributed by atoms with van der Waals surface area (Å²) in [6.45, 7) is 9.64. The van der Waals surface area contributed by atoms with Crippen molar-refractivity contribution in [2.75, 3.05) is 0 Å². The number of amides is 1. The van der Waals surface area contributed by atoms with Gasteiger partial charge in [0.25, 0.3) is 0 Å². The summed E-state index contributed by atoms with van der Waals surface area (Å²) < 4.78 is 34.0. The summed E-state index contributed by atoms with van der Waals surface area (Å²) >= 11 is 0. The van der Waals surface area contributed by atoms with Crippen LogP contribution in [-0.4, -0.2) is 28.2 Å². The average Bonchev–Trinajstić information content (AvgIpc) is 2.08. The lowest BCUT2D eigenvalue weighted by Crippen LogP contribution is -3.25. The van der Waals surface area contributed by atoms with E-state index in [9.17, 15) is 10.0 Å². The van der Waals surface area contributed by atoms with E-state index >= 15 is 0 Å². The Morgan fingerprint density at radius 3 is 1.70 bits per heavy atom. The maximum Gasteiger partial charge on any atom is 0.217 e. The zero-order chi connectivity index (χ0) is 16.4. The van der Waals surface area contributed by atoms with Gasteiger partial charge in [-0.25, -0.2) is 23.8 Å². The Hall–Kier alpha value is -0.480. The molecule has 8 nitrogen and oxygen atoms in total. The van der Waals surface area contributed by atoms with Gasteiger partial charge < -0.3 is 5.32 Å². The van der Waals surface area contributed by atoms with Crippen LogP contribution in [0.15, 0.2) is 0 Å². The van der Waals surface area contributed by atoms with E-state index in [0.717, 1.165) is 12.8 Å². The molecule has 0 aromatic rings. The highest BCUT2D eigenvalue weighted by molar-refractivity contribution is 5.73. The molecule has 0 radical (unpaired) electrons. The number of piperidine rings is 1. The first-order chi connectivity index (χ1) is 8.65. The summed E-state index contributed by atoms with van der Waals surface area (Å²) in [5.74, 6) is 0.00740. The molecule has 120 valence electrons. The van der Waals surface area contributed by atoms with Crippen LogP contribution < -0.4 is 29.0 Å². The van der Waals surface area contributed by atoms with Crippen LogP contribution in [0.4, 0.5) is 0 Å². The molecule has 0 aromatic heterocycles. The molecule has 20 heavy (non-hydrogen) atoms. The van der Waals surface area contributed by atoms with Gasteiger partial charge in [-0.2, -0.15) is 5.06 Å². The SMILES string of the molecule is CC(=O)NC1CC(C)(C)[NH+](O)C(C)(C)C1.[O-][Cl+3]([O-])([O-])[O-]. The first-order valence-electron chi connectivity index (χ1n) is 6.11. The summed E-state index contributed by atoms with van der Waals surface area (Å²) in [4.78, 5) is 11.0. The van der Waals surface area contributed by atoms with Crippen molar-refractivity contribution in [1.29, 1.82) is 0 Å². The molecule has 1 aliphatic heterocycles. The summed E-state index contributed by atoms with van der Waals surface area (Å²) in [5.41, 5.74) is -0.427. The molecule has 0 bridgehead atoms. The second-order valence-corrected chi connectivity index (χ2v) is 7.06. The van der Waals surface area contributed by atoms with Gasteiger partial charge in [-0.05, 0) is 27.7 Å². The molecule has 1 rings (SSSR count). The fourth-order valence-electron chi connectivity index (χ4n) is 2.80. The van der Waals surface area contributed by atoms with E-state index in [1.807, 2.05) is 27.7 Å². The van der Waals surface area contributed by atoms with Gasteiger partial charge in [-0.15, -0.1) is 10.2 Å². The van der Waals surface area contributed by atoms with E-state index in [4.69, 9.17) is 18.6 Å². The first-order valence-corrected chi connectivity index (χ1v) is 7.34. The molecule has 3 N–H and O–H groups in total. The maximum atomic E-state index is 11.0. The molecule has 9 heteroatoms. The molecule has 0 aromatic carbocycles. The van der Waals surface area contributed by atoms with Gasteiger partial charge in [0.05, 0.1) is 0 Å². The van der Waals surface area contributed by atoms with Gasteiger partial charge in [-0.1, -0.05) is 0 Å². The Morgan fingerprint density at radius 2 is 1.45 bits per heavy atom. The van der Waals surface area contributed by atoms with Gasteiger partial charge in [0.15, 0.2) is 0 Å². The molecular formula is C11H23ClN2O6. The Labute approximate surface area is 120 Å². The number of carbonyl (C=O) groups is 1. The smallest absolute Gasteiger partial charge is 0.217 e. The zero-order valence-electron chi connectivity index (χ0n) is 12.4. The molecule has 1 amide bonds. The molecule has 1 aliphatic rings. The van der Waals surface area contributed by atoms with Gasteiger partial charge >= 0.3 is 0 Å². The van der Waals surface area contributed by atoms with Crippen LogP contribution in [0.2, 0.25) is 0 Å². The van der Waals surface area contributed by atoms with Crippen molar-refractivity contribution in [3.63, 3.8) is 0 Å². The Kier molecular flexibility index (Phi) is 6.37. The van der Waals surface area contributed by atoms with Crippen molar-refractivity contribution >= 4 is 5.91 Å². The second kappa shape index (κ2) is 6.52. The van der Waals surface area contributed by atoms with Crippen molar-refractivity contribution in [2.24, 2.45) is 0 Å². The third-order valence-corrected chi connectivity index (χ3v) is 3.20. The summed E-state index contributed by atoms with van der Waals surface area (Å²) in [5, 5.41) is 13.6. The summed E-state index contributed by atoms with van der Waals surface area (Å²) in [6, 6.07) is 0.170. The van der Waals surface area contributed by atoms with E-state index in [0.29, 0.717) is 5.06 Å². The van der Waals surface area contributed by atoms with Crippen molar-refractivity contribution in [2.45, 2.75) is 64.6 Å². The van der Waals surface area contributed by atoms with E-state index in [-0.39, 0.29) is 23.0 Å². The number of hydrogen-bond donors (Lipinski definition) is 3. The topological polar surface area (TPSA) is 146 Å². The van der Waals surface area contributed by atoms with Crippen LogP contribution in [0.25, 0.3) is 0 Å². The third kappa shape index (κ3) is 7.34. The van der Waals surface area contributed by atoms with Crippen molar-refractivity contribution < 1.29 is 43.9 Å². The van der Waals surface area contributed by atoms with Crippen molar-refractivity contribution in [3.8, 4) is 0 Å². The Balaban J connectivity index is 0.000000621. The highest BCUT2D eigenvalue weighted by Gasteiger charge is 2.49. The second-order valence-electron chi connectivity index (χ2n) is 6.30. The molecule has 0 atom stereocenters. The number of nitrogens with one attached hydrogen (secondary N) is 2. The molecular weight excluding hydrogens is 292 g/mol. The summed E-state index contributed by atoms with van der Waals surface area (Å²) in [7, 11) is -4.94. The maximum absolute atomic E-state index is 11.0. The minimum atomic E-state index is -4.94. The fraction of sp³-hybridized carbons (Fsp3) is 0.909. The molecule has 0 unspecified atom stereocenters. The van der Waals surface area contributed by atoms with Crippen LogP contribution in [0.5, 0.6) is 0 Å². The number of hydroxylamine groups is 2. The number of hydrogen-bond acceptors (Lipinski definition) is 6. The molecule has 0 aliphatic carbocycles. The van der Waals surface area contributed by atoms with Crippen LogP contribution >= 0.6 is 0 Å². The van der Waals surface area contributed by atoms with Crippen molar-refractivity contribution in [3.05, 3.63) is 0 Å². The lowest BCUT2D eigenvalue weighted by atomic mass is 9.79. The Bertz CT molecular complexity index is 318. The fourth-order valence-corrected chi connectivity index (χ4v) is 2.80. The molecule has 0 spiro atoms. The van der Waals surface area contributed by atoms with E-state index in [2.05, 4.69) is 5.32 Å². The average molecular weight is 315 g/mol. The number of rotatable bonds is 1. The lowest BCUT2D eigenvalue weighted by molar-refractivity contribution is -2.00. The van der Waals surface area contributed by atoms with Gasteiger partial charge in [0.1, 0.15) is 11.1 Å². The zero-order valence-corrected chi connectivity index (χ0v) is 13.1. The first kappa shape index (κ1) is 19.5. The standard InChI is InChI=1S/C11H22N2O2.ClHO4/c1-8(14)12-9-6-10(2,3)13(15)11(4,5)7-9;2-1(3,4)5/h9,15H,6-7H2,1-5H3,(H,12,14);(H,2,3,4,5). The van der Waals surface area contributed by atoms with Crippen LogP contribution in [0.3, 0.4) is 0 Å². The number of quaternary nitrogens is 1. The van der Waals surface area contributed by atoms with Gasteiger partial charge in [-0.3, -0.25) is 4.79 Å². The van der Waals surface area contributed by atoms with Crippen LogP contribution in [-0.2, 0) is 4.79 Å². The quantitative estimate of drug-likeness (QED) is 0.443. The molecule has 1 heterocycles. The van der Waals surface area contributed by atoms with Crippen molar-refractivity contribution in [1.82, 2.24) is 5.32 Å². The largest absolute Gasteiger partial charge is 0.353 e. The van der Waals surface area contributed by atoms with E-state index in [1.165, 1.54) is 6.92 Å². The third-order valence-electron chi connectivity index (χ3n) is 3.20. The molecule has 1 fully saturated rings. The van der Waals surface area contributed by atoms with Crippen LogP contribution in [0, 0.1) is 10.2 Å². The Morgan fingerprint density at radius 1 is 1.15 bits per heavy atom. The predicted molar refractivity (Wildman–Crippen MR) is 57.7 cm³/mol. The number of carbonyl (C=O) groups excluding carboxylic acids is 1. The molecule has 0 saturated carbocycles. The molecule has 1 saturated heterocycles. The minimum absolute atomic E-state index is 0.00740. The van der Waals surface area contributed by atoms with E-state index in [1.54, 1.807) is 0 Å². The lowest BCUT2D eigenvalue weighted by Gasteiger charge is -2.47. The monoisotopic (exact) mass is 314 g/mol. The summed E-state index contributed by atoms with van der Waals surface area (Å²) in [6.07, 6.45) is 1.61. The van der Waals surface area contributed by atoms with E-state index < -0.39 is 10.2 Å². The van der Waals surface area contributed by atoms with Crippen LogP contribution in [0.1, 0.15) is 47.5 Å². The predicted octanol–water partition coefficient (Wildman–Crippen LogP) is -4.64. The minimum Gasteiger partial charge on any atom is -0.353 e. The highest BCUT2D eigenvalue weighted by atomic mass is 35.7. The number of halogens is 1. The normalized spacial score (nSPS) is 28.1.